The molecule has 706 valence electrons. The molecule has 0 aliphatic carbocycles. The summed E-state index contributed by atoms with van der Waals surface area (Å²) in [4.78, 5) is 139. The number of Topliss-reactive ketones (excluding diaryl/α,β-unsaturated/α-hetero) is 1. The molecule has 133 heavy (non-hydrogen) atoms. The number of carboxylic acids is 4. The van der Waals surface area contributed by atoms with Gasteiger partial charge in [0, 0.05) is 118 Å². The summed E-state index contributed by atoms with van der Waals surface area (Å²) < 4.78 is 128. The summed E-state index contributed by atoms with van der Waals surface area (Å²) in [6, 6.07) is 30.0. The van der Waals surface area contributed by atoms with E-state index in [0.29, 0.717) is 130 Å². The van der Waals surface area contributed by atoms with Crippen LogP contribution < -0.4 is 41.6 Å². The molecule has 48 heteroatoms. The number of pyridine rings is 3. The fourth-order valence-corrected chi connectivity index (χ4v) is 14.8. The molecular weight excluding hydrogens is 1940 g/mol. The van der Waals surface area contributed by atoms with Crippen LogP contribution in [0.3, 0.4) is 0 Å². The summed E-state index contributed by atoms with van der Waals surface area (Å²) >= 11 is 0. The summed E-state index contributed by atoms with van der Waals surface area (Å²) in [6.07, 6.45) is -0.273. The van der Waals surface area contributed by atoms with Crippen LogP contribution in [0.15, 0.2) is 122 Å². The zero-order chi connectivity index (χ0) is 94.7. The number of anilines is 1. The number of carbonyl (C=O) groups excluding carboxylic acids is 4. The van der Waals surface area contributed by atoms with Crippen molar-refractivity contribution in [2.24, 2.45) is 5.73 Å². The number of hydrogen-bond acceptors (Lipinski definition) is 35. The molecule has 8 aromatic rings. The van der Waals surface area contributed by atoms with Gasteiger partial charge < -0.3 is 95.0 Å². The summed E-state index contributed by atoms with van der Waals surface area (Å²) in [5.74, 6) is 12.9. The third-order valence-corrected chi connectivity index (χ3v) is 21.2. The fraction of sp³-hybridized carbons (Fsp3) is 0.388. The molecule has 5 unspecified atom stereocenters. The minimum atomic E-state index is -4.52. The predicted octanol–water partition coefficient (Wildman–Crippen LogP) is 2.01. The molecule has 5 aromatic heterocycles. The number of nitrogens with two attached hydrogens (primary N) is 2. The van der Waals surface area contributed by atoms with Crippen molar-refractivity contribution in [1.82, 2.24) is 65.1 Å². The number of alkyl carbamates (subject to hydrolysis) is 1. The van der Waals surface area contributed by atoms with E-state index in [9.17, 15) is 89.1 Å². The van der Waals surface area contributed by atoms with Crippen molar-refractivity contribution < 1.29 is 186 Å². The zero-order valence-electron chi connectivity index (χ0n) is 71.2. The van der Waals surface area contributed by atoms with E-state index in [1.54, 1.807) is 124 Å². The van der Waals surface area contributed by atoms with Crippen LogP contribution in [0.2, 0.25) is 0 Å². The maximum Gasteiger partial charge on any atom is 3.00 e. The van der Waals surface area contributed by atoms with Crippen LogP contribution in [-0.4, -0.2) is 276 Å². The number of rotatable bonds is 38. The van der Waals surface area contributed by atoms with E-state index in [-0.39, 0.29) is 171 Å². The van der Waals surface area contributed by atoms with Crippen molar-refractivity contribution in [2.75, 3.05) is 116 Å². The minimum Gasteiger partial charge on any atom is -0.748 e. The quantitative estimate of drug-likeness (QED) is 0.0114. The second-order valence-electron chi connectivity index (χ2n) is 29.6. The molecule has 0 saturated carbocycles. The van der Waals surface area contributed by atoms with Gasteiger partial charge >= 0.3 is 87.2 Å². The number of aliphatic carboxylic acids is 4. The van der Waals surface area contributed by atoms with Gasteiger partial charge in [-0.1, -0.05) is 35.5 Å². The maximum absolute atomic E-state index is 12.6. The molecule has 44 nitrogen and oxygen atoms in total. The van der Waals surface area contributed by atoms with Crippen molar-refractivity contribution in [3.8, 4) is 52.8 Å². The van der Waals surface area contributed by atoms with Crippen molar-refractivity contribution in [3.63, 3.8) is 0 Å². The number of nitrogens with zero attached hydrogens (tertiary/aromatic N) is 10. The van der Waals surface area contributed by atoms with Crippen molar-refractivity contribution in [1.29, 1.82) is 0 Å². The van der Waals surface area contributed by atoms with Crippen LogP contribution in [0.25, 0.3) is 11.2 Å². The average molecular weight is 2040 g/mol. The normalized spacial score (nSPS) is 16.8. The van der Waals surface area contributed by atoms with E-state index < -0.39 is 139 Å². The van der Waals surface area contributed by atoms with E-state index in [4.69, 9.17) is 73.7 Å². The summed E-state index contributed by atoms with van der Waals surface area (Å²) in [5, 5.41) is 46.6. The van der Waals surface area contributed by atoms with Crippen molar-refractivity contribution >= 4 is 92.6 Å². The first-order chi connectivity index (χ1) is 63.1. The van der Waals surface area contributed by atoms with E-state index in [1.165, 1.54) is 17.2 Å². The molecule has 2 fully saturated rings. The SMILES string of the molecule is NCCCOc1ccc(C#Cc2cc3nc(c2)CN(CC(=O)O)Cc2cc(C#Cc4ccc(OCC(=O)NCCS(=O)(=O)[O-])cc4)cc(n2)CN(CC(=O)O)Cc2cc(C#Cc4ccc(OCC(=O)NCCS(=O)(=O)[O-])cc4)cc(n2)CN(CC(=O)O)C3)cc1.Nc1ncnc2c1ncn2C1OC2COP(=O)(O)OC2C1OC(=O)NCCOCCOCCCC(=O)CCCC(=O)O.[Eu+3]. The predicted molar refractivity (Wildman–Crippen MR) is 460 cm³/mol. The number of phosphoric acid groups is 1. The third kappa shape index (κ3) is 37.8. The van der Waals surface area contributed by atoms with Gasteiger partial charge in [-0.05, 0) is 135 Å². The Balaban J connectivity index is 0.000000385. The Morgan fingerprint density at radius 2 is 0.940 bits per heavy atom. The number of carboxylic acid groups (broad SMARTS) is 4. The summed E-state index contributed by atoms with van der Waals surface area (Å²) in [7, 11) is -13.4. The Bertz CT molecular complexity index is 5690. The molecule has 0 spiro atoms. The molecule has 12 N–H and O–H groups in total. The average Bonchev–Trinajstić information content (AvgIpc) is 1.60. The first kappa shape index (κ1) is 105. The Morgan fingerprint density at radius 1 is 0.519 bits per heavy atom. The molecule has 0 radical (unpaired) electrons. The van der Waals surface area contributed by atoms with Crippen LogP contribution in [0.4, 0.5) is 10.6 Å². The Hall–Kier alpha value is -11.5. The Morgan fingerprint density at radius 3 is 1.36 bits per heavy atom. The number of fused-ring (bicyclic) bond motifs is 8. The second kappa shape index (κ2) is 52.3. The number of ether oxygens (including phenoxy) is 7. The molecule has 3 aromatic carbocycles. The molecular formula is C85H94EuN15O29PS2+. The van der Waals surface area contributed by atoms with Crippen LogP contribution in [0, 0.1) is 84.9 Å². The maximum atomic E-state index is 12.6. The van der Waals surface area contributed by atoms with E-state index in [2.05, 4.69) is 66.4 Å². The number of ketones is 1. The van der Waals surface area contributed by atoms with E-state index >= 15 is 0 Å². The van der Waals surface area contributed by atoms with Gasteiger partial charge in [-0.2, -0.15) is 0 Å². The topological polar surface area (TPSA) is 632 Å². The summed E-state index contributed by atoms with van der Waals surface area (Å²) in [5.41, 5.74) is 17.3. The minimum absolute atomic E-state index is 0. The van der Waals surface area contributed by atoms with Crippen LogP contribution in [0.1, 0.15) is 112 Å². The molecule has 3 aliphatic heterocycles. The van der Waals surface area contributed by atoms with Gasteiger partial charge in [0.05, 0.1) is 125 Å². The Labute approximate surface area is 803 Å². The van der Waals surface area contributed by atoms with Gasteiger partial charge in [-0.25, -0.2) is 41.1 Å². The van der Waals surface area contributed by atoms with E-state index in [0.717, 1.165) is 0 Å². The molecule has 6 bridgehead atoms. The number of aromatic nitrogens is 7. The number of nitrogen functional groups attached to an aromatic ring is 1. The number of phosphoric ester groups is 1. The smallest absolute Gasteiger partial charge is 0.748 e. The van der Waals surface area contributed by atoms with Gasteiger partial charge in [-0.15, -0.1) is 0 Å². The first-order valence-corrected chi connectivity index (χ1v) is 45.5. The monoisotopic (exact) mass is 2040 g/mol. The number of benzene rings is 3. The van der Waals surface area contributed by atoms with Crippen LogP contribution in [-0.2, 0) is 126 Å². The molecule has 3 aliphatic rings. The van der Waals surface area contributed by atoms with Crippen molar-refractivity contribution in [2.45, 2.75) is 102 Å². The van der Waals surface area contributed by atoms with Gasteiger partial charge in [0.25, 0.3) is 11.8 Å². The van der Waals surface area contributed by atoms with E-state index in [1.807, 2.05) is 0 Å². The van der Waals surface area contributed by atoms with Gasteiger partial charge in [-0.3, -0.25) is 76.8 Å². The third-order valence-electron chi connectivity index (χ3n) is 18.8. The second-order valence-corrected chi connectivity index (χ2v) is 34.1. The number of carbonyl (C=O) groups is 8. The molecule has 11 rings (SSSR count). The molecule has 3 amide bonds. The number of nitrogens with one attached hydrogen (secondary N) is 3. The molecule has 5 atom stereocenters. The number of imidazole rings is 1. The van der Waals surface area contributed by atoms with Crippen molar-refractivity contribution in [3.05, 3.63) is 189 Å². The molecule has 2 saturated heterocycles. The fourth-order valence-electron chi connectivity index (χ4n) is 13.1. The summed E-state index contributed by atoms with van der Waals surface area (Å²) in [6.45, 7) is -1.78. The van der Waals surface area contributed by atoms with Gasteiger partial charge in [0.1, 0.15) is 47.1 Å². The van der Waals surface area contributed by atoms with Gasteiger partial charge in [0.2, 0.25) is 0 Å². The Kier molecular flexibility index (Phi) is 41.4. The zero-order valence-corrected chi connectivity index (χ0v) is 76.1. The molecule has 8 heterocycles. The largest absolute Gasteiger partial charge is 3.00 e. The van der Waals surface area contributed by atoms with Gasteiger partial charge in [0.15, 0.2) is 37.0 Å². The first-order valence-electron chi connectivity index (χ1n) is 40.8. The number of amides is 3. The number of hydrogen-bond donors (Lipinski definition) is 10. The van der Waals surface area contributed by atoms with Crippen LogP contribution in [0.5, 0.6) is 17.2 Å². The standard InChI is InChI=1S/C62H63N9O17S2.C23H33N6O12P.Eu/c63-20-1-23-86-55-14-8-43(9-15-55)2-5-46-26-49-32-69(38-60(74)75)34-51-28-47(6-3-44-10-16-56(17-11-44)87-41-58(72)64-21-24-89(80,81)82)30-53(67-51)36-71(40-62(78)79)37-54-31-48(29-52(68-54)35-70(39-61(76)77)33-50(27-46)66-49)7-4-45-12-18-57(19-13-45)88-42-59(73)65-22-25-90(83,84)85;24-20-17-21(27-12-26-20)29(13-28-17)22-19(18-15(39-22)11-38-42(34,35)41-18)40-23(33)25-6-8-37-10-9-36-7-2-4-14(30)3-1-5-16(31)32;/h8-19,26-31H,1,20-25,32-42,63H2,(H,64,72)(H,65,73)(H,74,75)(H,76,77)(H,78,79)(H,80,81,82)(H,83,84,85);12-13,15,18-19,22H,1-11H2,(H,25,33)(H,31,32)(H,34,35)(H2,24,26,27);/q;;+3/p-2. The van der Waals surface area contributed by atoms with Crippen LogP contribution >= 0.6 is 7.82 Å².